The molecule has 0 aliphatic heterocycles. The number of carbonyl (C=O) groups excluding carboxylic acids is 1. The van der Waals surface area contributed by atoms with Crippen LogP contribution in [0.2, 0.25) is 0 Å². The summed E-state index contributed by atoms with van der Waals surface area (Å²) >= 11 is 0. The van der Waals surface area contributed by atoms with Crippen LogP contribution in [0.3, 0.4) is 0 Å². The van der Waals surface area contributed by atoms with Gasteiger partial charge < -0.3 is 15.5 Å². The van der Waals surface area contributed by atoms with Gasteiger partial charge in [0.05, 0.1) is 12.5 Å². The van der Waals surface area contributed by atoms with E-state index in [1.165, 1.54) is 4.90 Å². The summed E-state index contributed by atoms with van der Waals surface area (Å²) in [5.41, 5.74) is 0.568. The first kappa shape index (κ1) is 16.5. The van der Waals surface area contributed by atoms with Crippen molar-refractivity contribution < 1.29 is 19.8 Å². The highest BCUT2D eigenvalue weighted by Crippen LogP contribution is 2.14. The van der Waals surface area contributed by atoms with E-state index in [0.717, 1.165) is 0 Å². The molecule has 7 heteroatoms. The van der Waals surface area contributed by atoms with Gasteiger partial charge in [-0.3, -0.25) is 4.90 Å². The molecule has 0 aromatic heterocycles. The third-order valence-corrected chi connectivity index (χ3v) is 2.77. The van der Waals surface area contributed by atoms with Gasteiger partial charge in [-0.15, -0.1) is 0 Å². The quantitative estimate of drug-likeness (QED) is 0.692. The number of benzene rings is 1. The van der Waals surface area contributed by atoms with Crippen molar-refractivity contribution in [1.82, 2.24) is 5.32 Å². The lowest BCUT2D eigenvalue weighted by molar-refractivity contribution is -0.139. The zero-order valence-corrected chi connectivity index (χ0v) is 11.4. The Morgan fingerprint density at radius 1 is 1.33 bits per heavy atom. The van der Waals surface area contributed by atoms with E-state index in [9.17, 15) is 9.59 Å². The number of anilines is 1. The summed E-state index contributed by atoms with van der Waals surface area (Å²) in [7, 11) is 0. The van der Waals surface area contributed by atoms with E-state index < -0.39 is 18.0 Å². The van der Waals surface area contributed by atoms with Crippen molar-refractivity contribution in [1.29, 1.82) is 5.26 Å². The number of aliphatic carboxylic acids is 1. The van der Waals surface area contributed by atoms with Crippen molar-refractivity contribution in [2.45, 2.75) is 18.9 Å². The maximum atomic E-state index is 12.2. The number of nitrogens with zero attached hydrogens (tertiary/aromatic N) is 2. The number of para-hydroxylation sites is 1. The summed E-state index contributed by atoms with van der Waals surface area (Å²) in [4.78, 5) is 24.5. The van der Waals surface area contributed by atoms with Crippen LogP contribution in [0.15, 0.2) is 30.3 Å². The summed E-state index contributed by atoms with van der Waals surface area (Å²) in [6.07, 6.45) is 0.0437. The van der Waals surface area contributed by atoms with Crippen molar-refractivity contribution in [3.63, 3.8) is 0 Å². The number of hydrogen-bond donors (Lipinski definition) is 3. The molecular weight excluding hydrogens is 274 g/mol. The minimum absolute atomic E-state index is 0.0814. The van der Waals surface area contributed by atoms with Crippen molar-refractivity contribution in [2.24, 2.45) is 0 Å². The summed E-state index contributed by atoms with van der Waals surface area (Å²) in [5, 5.41) is 28.8. The standard InChI is InChI=1S/C14H17N3O4/c15-8-4-9-17(11-5-2-1-3-6-11)14(21)16-12(7-10-18)13(19)20/h1-3,5-6,12,18H,4,7,9-10H2,(H,16,21)(H,19,20). The molecule has 0 heterocycles. The Morgan fingerprint density at radius 3 is 2.52 bits per heavy atom. The second kappa shape index (κ2) is 8.55. The van der Waals surface area contributed by atoms with Crippen LogP contribution in [-0.2, 0) is 4.79 Å². The van der Waals surface area contributed by atoms with Crippen LogP contribution in [0.4, 0.5) is 10.5 Å². The normalized spacial score (nSPS) is 11.2. The molecule has 1 rings (SSSR count). The van der Waals surface area contributed by atoms with Crippen LogP contribution in [-0.4, -0.2) is 41.4 Å². The van der Waals surface area contributed by atoms with Crippen molar-refractivity contribution in [2.75, 3.05) is 18.1 Å². The maximum Gasteiger partial charge on any atom is 0.326 e. The average Bonchev–Trinajstić information content (AvgIpc) is 2.48. The molecule has 7 nitrogen and oxygen atoms in total. The third-order valence-electron chi connectivity index (χ3n) is 2.77. The number of carbonyl (C=O) groups is 2. The van der Waals surface area contributed by atoms with E-state index in [1.54, 1.807) is 30.3 Å². The molecule has 1 aromatic carbocycles. The molecule has 2 amide bonds. The first-order chi connectivity index (χ1) is 10.1. The number of amides is 2. The minimum atomic E-state index is -1.22. The van der Waals surface area contributed by atoms with Crippen LogP contribution in [0, 0.1) is 11.3 Å². The molecule has 3 N–H and O–H groups in total. The Balaban J connectivity index is 2.85. The fraction of sp³-hybridized carbons (Fsp3) is 0.357. The van der Waals surface area contributed by atoms with Crippen LogP contribution < -0.4 is 10.2 Å². The van der Waals surface area contributed by atoms with Gasteiger partial charge in [0.2, 0.25) is 0 Å². The Hall–Kier alpha value is -2.59. The molecule has 0 radical (unpaired) electrons. The molecule has 21 heavy (non-hydrogen) atoms. The monoisotopic (exact) mass is 291 g/mol. The van der Waals surface area contributed by atoms with Crippen LogP contribution >= 0.6 is 0 Å². The van der Waals surface area contributed by atoms with Crippen LogP contribution in [0.1, 0.15) is 12.8 Å². The Kier molecular flexibility index (Phi) is 6.71. The predicted octanol–water partition coefficient (Wildman–Crippen LogP) is 0.952. The third kappa shape index (κ3) is 5.12. The van der Waals surface area contributed by atoms with Gasteiger partial charge in [0.15, 0.2) is 0 Å². The number of carboxylic acid groups (broad SMARTS) is 1. The summed E-state index contributed by atoms with van der Waals surface area (Å²) in [6, 6.07) is 8.82. The highest BCUT2D eigenvalue weighted by atomic mass is 16.4. The number of nitriles is 1. The molecule has 0 aliphatic rings. The number of carboxylic acids is 1. The van der Waals surface area contributed by atoms with Gasteiger partial charge in [0, 0.05) is 25.3 Å². The number of rotatable bonds is 7. The Labute approximate surface area is 122 Å². The van der Waals surface area contributed by atoms with Gasteiger partial charge in [0.1, 0.15) is 6.04 Å². The zero-order chi connectivity index (χ0) is 15.7. The lowest BCUT2D eigenvalue weighted by Gasteiger charge is -2.24. The summed E-state index contributed by atoms with van der Waals surface area (Å²) in [5.74, 6) is -1.22. The smallest absolute Gasteiger partial charge is 0.326 e. The highest BCUT2D eigenvalue weighted by Gasteiger charge is 2.23. The first-order valence-corrected chi connectivity index (χ1v) is 6.43. The van der Waals surface area contributed by atoms with E-state index in [-0.39, 0.29) is 26.0 Å². The van der Waals surface area contributed by atoms with Crippen LogP contribution in [0.5, 0.6) is 0 Å². The predicted molar refractivity (Wildman–Crippen MR) is 75.7 cm³/mol. The largest absolute Gasteiger partial charge is 0.480 e. The molecule has 1 aromatic rings. The topological polar surface area (TPSA) is 114 Å². The SMILES string of the molecule is N#CCCN(C(=O)NC(CCO)C(=O)O)c1ccccc1. The zero-order valence-electron chi connectivity index (χ0n) is 11.4. The molecule has 0 bridgehead atoms. The molecule has 0 aliphatic carbocycles. The van der Waals surface area contributed by atoms with E-state index in [0.29, 0.717) is 5.69 Å². The molecule has 1 atom stereocenters. The number of aliphatic hydroxyl groups is 1. The van der Waals surface area contributed by atoms with Crippen molar-refractivity contribution in [3.05, 3.63) is 30.3 Å². The van der Waals surface area contributed by atoms with Crippen molar-refractivity contribution >= 4 is 17.7 Å². The number of nitrogens with one attached hydrogen (secondary N) is 1. The lowest BCUT2D eigenvalue weighted by Crippen LogP contribution is -2.48. The second-order valence-electron chi connectivity index (χ2n) is 4.25. The van der Waals surface area contributed by atoms with Gasteiger partial charge in [0.25, 0.3) is 0 Å². The van der Waals surface area contributed by atoms with E-state index in [4.69, 9.17) is 15.5 Å². The van der Waals surface area contributed by atoms with E-state index >= 15 is 0 Å². The van der Waals surface area contributed by atoms with Gasteiger partial charge in [-0.2, -0.15) is 5.26 Å². The lowest BCUT2D eigenvalue weighted by atomic mass is 10.2. The fourth-order valence-electron chi connectivity index (χ4n) is 1.73. The Bertz CT molecular complexity index is 513. The molecule has 0 fully saturated rings. The number of urea groups is 1. The van der Waals surface area contributed by atoms with E-state index in [1.807, 2.05) is 6.07 Å². The molecule has 0 saturated heterocycles. The highest BCUT2D eigenvalue weighted by molar-refractivity contribution is 5.94. The maximum absolute atomic E-state index is 12.2. The van der Waals surface area contributed by atoms with Gasteiger partial charge in [-0.1, -0.05) is 18.2 Å². The summed E-state index contributed by atoms with van der Waals surface area (Å²) in [6.45, 7) is -0.196. The molecule has 1 unspecified atom stereocenters. The summed E-state index contributed by atoms with van der Waals surface area (Å²) < 4.78 is 0. The minimum Gasteiger partial charge on any atom is -0.480 e. The number of aliphatic hydroxyl groups excluding tert-OH is 1. The van der Waals surface area contributed by atoms with Gasteiger partial charge in [-0.25, -0.2) is 9.59 Å². The van der Waals surface area contributed by atoms with Gasteiger partial charge >= 0.3 is 12.0 Å². The fourth-order valence-corrected chi connectivity index (χ4v) is 1.73. The molecule has 0 spiro atoms. The first-order valence-electron chi connectivity index (χ1n) is 6.43. The Morgan fingerprint density at radius 2 is 2.00 bits per heavy atom. The number of hydrogen-bond acceptors (Lipinski definition) is 4. The van der Waals surface area contributed by atoms with Crippen LogP contribution in [0.25, 0.3) is 0 Å². The molecular formula is C14H17N3O4. The average molecular weight is 291 g/mol. The van der Waals surface area contributed by atoms with Crippen molar-refractivity contribution in [3.8, 4) is 6.07 Å². The van der Waals surface area contributed by atoms with E-state index in [2.05, 4.69) is 5.32 Å². The van der Waals surface area contributed by atoms with Gasteiger partial charge in [-0.05, 0) is 12.1 Å². The second-order valence-corrected chi connectivity index (χ2v) is 4.25. The molecule has 0 saturated carbocycles. The molecule has 112 valence electrons.